The van der Waals surface area contributed by atoms with Gasteiger partial charge in [-0.05, 0) is 12.8 Å². The van der Waals surface area contributed by atoms with Crippen LogP contribution in [0.5, 0.6) is 0 Å². The molecular formula is C10H20ClNO2. The highest BCUT2D eigenvalue weighted by Crippen LogP contribution is 1.91. The number of unbranched alkanes of at least 4 members (excludes halogenated alkanes) is 1. The molecule has 0 radical (unpaired) electrons. The highest BCUT2D eigenvalue weighted by molar-refractivity contribution is 6.17. The molecule has 4 heteroatoms. The zero-order valence-electron chi connectivity index (χ0n) is 8.85. The summed E-state index contributed by atoms with van der Waals surface area (Å²) in [6.07, 6.45) is 3.48. The van der Waals surface area contributed by atoms with Gasteiger partial charge in [-0.1, -0.05) is 13.3 Å². The highest BCUT2D eigenvalue weighted by atomic mass is 35.5. The first kappa shape index (κ1) is 13.7. The van der Waals surface area contributed by atoms with E-state index in [1.54, 1.807) is 0 Å². The van der Waals surface area contributed by atoms with Crippen LogP contribution >= 0.6 is 11.6 Å². The maximum absolute atomic E-state index is 11.1. The Morgan fingerprint density at radius 3 is 2.79 bits per heavy atom. The quantitative estimate of drug-likeness (QED) is 0.477. The Hall–Kier alpha value is -0.280. The lowest BCUT2D eigenvalue weighted by Crippen LogP contribution is -2.27. The van der Waals surface area contributed by atoms with Crippen molar-refractivity contribution in [2.75, 3.05) is 25.6 Å². The van der Waals surface area contributed by atoms with E-state index in [1.807, 2.05) is 0 Å². The molecule has 1 amide bonds. The zero-order chi connectivity index (χ0) is 10.6. The fraction of sp³-hybridized carbons (Fsp3) is 0.900. The lowest BCUT2D eigenvalue weighted by molar-refractivity contribution is -0.121. The Kier molecular flexibility index (Phi) is 10.6. The number of ether oxygens (including phenoxy) is 1. The van der Waals surface area contributed by atoms with Gasteiger partial charge in [-0.2, -0.15) is 0 Å². The minimum absolute atomic E-state index is 0.0599. The van der Waals surface area contributed by atoms with Gasteiger partial charge in [0.1, 0.15) is 0 Å². The summed E-state index contributed by atoms with van der Waals surface area (Å²) in [6.45, 7) is 4.11. The summed E-state index contributed by atoms with van der Waals surface area (Å²) in [5, 5.41) is 2.77. The van der Waals surface area contributed by atoms with Crippen molar-refractivity contribution in [2.24, 2.45) is 0 Å². The standard InChI is InChI=1S/C10H20ClNO2/c1-2-3-8-14-9-7-12-10(13)5-4-6-11/h2-9H2,1H3,(H,12,13). The van der Waals surface area contributed by atoms with Gasteiger partial charge in [0.05, 0.1) is 6.61 Å². The van der Waals surface area contributed by atoms with Crippen molar-refractivity contribution in [2.45, 2.75) is 32.6 Å². The molecule has 0 aliphatic rings. The van der Waals surface area contributed by atoms with E-state index in [1.165, 1.54) is 0 Å². The smallest absolute Gasteiger partial charge is 0.220 e. The summed E-state index contributed by atoms with van der Waals surface area (Å²) in [7, 11) is 0. The van der Waals surface area contributed by atoms with Gasteiger partial charge < -0.3 is 10.1 Å². The van der Waals surface area contributed by atoms with Crippen LogP contribution in [0, 0.1) is 0 Å². The van der Waals surface area contributed by atoms with Gasteiger partial charge in [-0.3, -0.25) is 4.79 Å². The number of hydrogen-bond donors (Lipinski definition) is 1. The van der Waals surface area contributed by atoms with E-state index >= 15 is 0 Å². The lowest BCUT2D eigenvalue weighted by Gasteiger charge is -2.05. The molecule has 0 atom stereocenters. The number of carbonyl (C=O) groups excluding carboxylic acids is 1. The molecule has 0 aromatic rings. The number of amides is 1. The molecule has 0 bridgehead atoms. The molecular weight excluding hydrogens is 202 g/mol. The van der Waals surface area contributed by atoms with E-state index in [9.17, 15) is 4.79 Å². The first-order valence-electron chi connectivity index (χ1n) is 5.21. The van der Waals surface area contributed by atoms with Crippen molar-refractivity contribution in [1.29, 1.82) is 0 Å². The van der Waals surface area contributed by atoms with Crippen LogP contribution in [0.1, 0.15) is 32.6 Å². The van der Waals surface area contributed by atoms with E-state index < -0.39 is 0 Å². The van der Waals surface area contributed by atoms with Crippen LogP contribution in [-0.4, -0.2) is 31.5 Å². The van der Waals surface area contributed by atoms with E-state index in [0.717, 1.165) is 25.9 Å². The van der Waals surface area contributed by atoms with E-state index in [2.05, 4.69) is 12.2 Å². The first-order valence-corrected chi connectivity index (χ1v) is 5.75. The third kappa shape index (κ3) is 9.81. The molecule has 0 aromatic carbocycles. The van der Waals surface area contributed by atoms with Crippen molar-refractivity contribution in [1.82, 2.24) is 5.32 Å². The van der Waals surface area contributed by atoms with E-state index in [4.69, 9.17) is 16.3 Å². The van der Waals surface area contributed by atoms with Crippen molar-refractivity contribution in [3.63, 3.8) is 0 Å². The van der Waals surface area contributed by atoms with Crippen molar-refractivity contribution in [3.05, 3.63) is 0 Å². The molecule has 1 N–H and O–H groups in total. The second-order valence-electron chi connectivity index (χ2n) is 3.11. The largest absolute Gasteiger partial charge is 0.380 e. The van der Waals surface area contributed by atoms with Gasteiger partial charge >= 0.3 is 0 Å². The average Bonchev–Trinajstić information content (AvgIpc) is 2.20. The summed E-state index contributed by atoms with van der Waals surface area (Å²) in [6, 6.07) is 0. The minimum Gasteiger partial charge on any atom is -0.380 e. The summed E-state index contributed by atoms with van der Waals surface area (Å²) < 4.78 is 5.29. The number of nitrogens with one attached hydrogen (secondary N) is 1. The van der Waals surface area contributed by atoms with Crippen LogP contribution in [0.3, 0.4) is 0 Å². The molecule has 0 fully saturated rings. The van der Waals surface area contributed by atoms with Gasteiger partial charge in [0.15, 0.2) is 0 Å². The van der Waals surface area contributed by atoms with Crippen LogP contribution < -0.4 is 5.32 Å². The SMILES string of the molecule is CCCCOCCNC(=O)CCCCl. The molecule has 84 valence electrons. The van der Waals surface area contributed by atoms with E-state index in [0.29, 0.717) is 25.5 Å². The van der Waals surface area contributed by atoms with Crippen LogP contribution in [0.2, 0.25) is 0 Å². The maximum Gasteiger partial charge on any atom is 0.220 e. The van der Waals surface area contributed by atoms with Crippen LogP contribution in [0.25, 0.3) is 0 Å². The summed E-state index contributed by atoms with van der Waals surface area (Å²) in [5.41, 5.74) is 0. The Labute approximate surface area is 91.2 Å². The summed E-state index contributed by atoms with van der Waals surface area (Å²) in [5.74, 6) is 0.602. The number of carbonyl (C=O) groups is 1. The molecule has 0 aliphatic heterocycles. The molecule has 0 saturated carbocycles. The lowest BCUT2D eigenvalue weighted by atomic mass is 10.3. The van der Waals surface area contributed by atoms with Gasteiger partial charge in [-0.25, -0.2) is 0 Å². The van der Waals surface area contributed by atoms with Crippen LogP contribution in [0.4, 0.5) is 0 Å². The molecule has 0 aliphatic carbocycles. The fourth-order valence-electron chi connectivity index (χ4n) is 0.927. The topological polar surface area (TPSA) is 38.3 Å². The molecule has 0 spiro atoms. The average molecular weight is 222 g/mol. The predicted octanol–water partition coefficient (Wildman–Crippen LogP) is 1.94. The number of rotatable bonds is 9. The van der Waals surface area contributed by atoms with Gasteiger partial charge in [-0.15, -0.1) is 11.6 Å². The van der Waals surface area contributed by atoms with Crippen LogP contribution in [-0.2, 0) is 9.53 Å². The Bertz CT molecular complexity index is 142. The molecule has 14 heavy (non-hydrogen) atoms. The maximum atomic E-state index is 11.1. The summed E-state index contributed by atoms with van der Waals surface area (Å²) in [4.78, 5) is 11.1. The molecule has 0 aromatic heterocycles. The zero-order valence-corrected chi connectivity index (χ0v) is 9.61. The van der Waals surface area contributed by atoms with Gasteiger partial charge in [0.2, 0.25) is 5.91 Å². The highest BCUT2D eigenvalue weighted by Gasteiger charge is 1.98. The Morgan fingerprint density at radius 1 is 1.36 bits per heavy atom. The molecule has 0 heterocycles. The second kappa shape index (κ2) is 10.8. The predicted molar refractivity (Wildman–Crippen MR) is 58.7 cm³/mol. The summed E-state index contributed by atoms with van der Waals surface area (Å²) >= 11 is 5.46. The second-order valence-corrected chi connectivity index (χ2v) is 3.49. The number of alkyl halides is 1. The Morgan fingerprint density at radius 2 is 2.14 bits per heavy atom. The Balaban J connectivity index is 3.07. The van der Waals surface area contributed by atoms with Crippen molar-refractivity contribution in [3.8, 4) is 0 Å². The van der Waals surface area contributed by atoms with E-state index in [-0.39, 0.29) is 5.91 Å². The van der Waals surface area contributed by atoms with Gasteiger partial charge in [0.25, 0.3) is 0 Å². The third-order valence-electron chi connectivity index (χ3n) is 1.75. The molecule has 3 nitrogen and oxygen atoms in total. The van der Waals surface area contributed by atoms with Crippen LogP contribution in [0.15, 0.2) is 0 Å². The molecule has 0 rings (SSSR count). The van der Waals surface area contributed by atoms with Gasteiger partial charge in [0, 0.05) is 25.5 Å². The minimum atomic E-state index is 0.0599. The normalized spacial score (nSPS) is 10.1. The molecule has 0 saturated heterocycles. The molecule has 0 unspecified atom stereocenters. The van der Waals surface area contributed by atoms with Crippen molar-refractivity contribution >= 4 is 17.5 Å². The monoisotopic (exact) mass is 221 g/mol. The third-order valence-corrected chi connectivity index (χ3v) is 2.02. The number of halogens is 1. The first-order chi connectivity index (χ1) is 6.81. The number of hydrogen-bond acceptors (Lipinski definition) is 2. The van der Waals surface area contributed by atoms with Crippen molar-refractivity contribution < 1.29 is 9.53 Å². The fourth-order valence-corrected chi connectivity index (χ4v) is 1.06.